The van der Waals surface area contributed by atoms with Crippen LogP contribution >= 0.6 is 0 Å². The van der Waals surface area contributed by atoms with Gasteiger partial charge in [-0.15, -0.1) is 0 Å². The molecule has 0 aliphatic heterocycles. The first-order valence-electron chi connectivity index (χ1n) is 21.0. The highest BCUT2D eigenvalue weighted by molar-refractivity contribution is 6.14. The second kappa shape index (κ2) is 15.7. The molecule has 11 rings (SSSR count). The second-order valence-corrected chi connectivity index (χ2v) is 15.7. The fraction of sp³-hybridized carbons (Fsp3) is 0.0345. The van der Waals surface area contributed by atoms with E-state index in [1.54, 1.807) is 0 Å². The van der Waals surface area contributed by atoms with E-state index < -0.39 is 0 Å². The van der Waals surface area contributed by atoms with Crippen molar-refractivity contribution in [2.75, 3.05) is 0 Å². The maximum absolute atomic E-state index is 5.39. The Balaban J connectivity index is 1.16. The molecule has 0 amide bonds. The molecule has 0 radical (unpaired) electrons. The van der Waals surface area contributed by atoms with Crippen LogP contribution in [0.3, 0.4) is 0 Å². The molecule has 1 aliphatic carbocycles. The Hall–Kier alpha value is -7.88. The van der Waals surface area contributed by atoms with E-state index >= 15 is 0 Å². The molecule has 1 unspecified atom stereocenters. The van der Waals surface area contributed by atoms with E-state index in [0.717, 1.165) is 34.5 Å². The van der Waals surface area contributed by atoms with Gasteiger partial charge in [0, 0.05) is 39.1 Å². The van der Waals surface area contributed by atoms with E-state index in [1.807, 2.05) is 6.07 Å². The zero-order valence-electron chi connectivity index (χ0n) is 33.6. The summed E-state index contributed by atoms with van der Waals surface area (Å²) in [5.41, 5.74) is 17.1. The summed E-state index contributed by atoms with van der Waals surface area (Å²) in [7, 11) is 0. The maximum Gasteiger partial charge on any atom is 0.160 e. The van der Waals surface area contributed by atoms with Crippen molar-refractivity contribution in [1.82, 2.24) is 14.5 Å². The van der Waals surface area contributed by atoms with E-state index in [4.69, 9.17) is 9.97 Å². The summed E-state index contributed by atoms with van der Waals surface area (Å²) in [6.45, 7) is 0. The second-order valence-electron chi connectivity index (χ2n) is 15.7. The van der Waals surface area contributed by atoms with Crippen LogP contribution in [0, 0.1) is 0 Å². The first kappa shape index (κ1) is 36.2. The molecule has 3 heteroatoms. The van der Waals surface area contributed by atoms with Crippen LogP contribution in [0.4, 0.5) is 0 Å². The molecule has 0 fully saturated rings. The summed E-state index contributed by atoms with van der Waals surface area (Å²) in [6, 6.07) is 80.2. The Morgan fingerprint density at radius 3 is 1.54 bits per heavy atom. The minimum atomic E-state index is 0.00737. The molecule has 0 saturated carbocycles. The Labute approximate surface area is 356 Å². The summed E-state index contributed by atoms with van der Waals surface area (Å²) < 4.78 is 2.54. The number of fused-ring (bicyclic) bond motifs is 3. The molecule has 288 valence electrons. The van der Waals surface area contributed by atoms with Crippen LogP contribution in [-0.4, -0.2) is 14.5 Å². The van der Waals surface area contributed by atoms with E-state index in [1.165, 1.54) is 66.5 Å². The van der Waals surface area contributed by atoms with Crippen LogP contribution in [0.1, 0.15) is 29.2 Å². The SMILES string of the molecule is C1=C(c2cc(-c3ccc(-c4ccccc4)cc3)nc(-c3ccccc3)n2)CC(c2ccccc2)C(n2c3ccccc3c3cc(-c4ccccc4)ccc32)=C1c1ccccc1. The summed E-state index contributed by atoms with van der Waals surface area (Å²) in [5.74, 6) is 0.720. The molecule has 2 heterocycles. The third kappa shape index (κ3) is 6.86. The lowest BCUT2D eigenvalue weighted by molar-refractivity contribution is 0.842. The smallest absolute Gasteiger partial charge is 0.160 e. The number of hydrogen-bond donors (Lipinski definition) is 0. The molecule has 0 bridgehead atoms. The fourth-order valence-corrected chi connectivity index (χ4v) is 9.06. The van der Waals surface area contributed by atoms with Gasteiger partial charge in [-0.2, -0.15) is 0 Å². The summed E-state index contributed by atoms with van der Waals surface area (Å²) in [4.78, 5) is 10.6. The molecule has 0 saturated heterocycles. The van der Waals surface area contributed by atoms with Gasteiger partial charge in [0.05, 0.1) is 22.4 Å². The van der Waals surface area contributed by atoms with E-state index in [9.17, 15) is 0 Å². The highest BCUT2D eigenvalue weighted by Gasteiger charge is 2.31. The number of para-hydroxylation sites is 1. The van der Waals surface area contributed by atoms with Crippen molar-refractivity contribution in [2.45, 2.75) is 12.3 Å². The van der Waals surface area contributed by atoms with Gasteiger partial charge in [0.25, 0.3) is 0 Å². The third-order valence-corrected chi connectivity index (χ3v) is 12.0. The van der Waals surface area contributed by atoms with Crippen molar-refractivity contribution in [3.05, 3.63) is 247 Å². The zero-order chi connectivity index (χ0) is 40.5. The van der Waals surface area contributed by atoms with Crippen molar-refractivity contribution in [3.63, 3.8) is 0 Å². The number of rotatable bonds is 8. The fourth-order valence-electron chi connectivity index (χ4n) is 9.06. The maximum atomic E-state index is 5.39. The van der Waals surface area contributed by atoms with Crippen molar-refractivity contribution < 1.29 is 0 Å². The molecular weight excluding hydrogens is 739 g/mol. The lowest BCUT2D eigenvalue weighted by Crippen LogP contribution is -2.15. The van der Waals surface area contributed by atoms with Crippen molar-refractivity contribution in [2.24, 2.45) is 0 Å². The van der Waals surface area contributed by atoms with Gasteiger partial charge >= 0.3 is 0 Å². The molecule has 3 nitrogen and oxygen atoms in total. The quantitative estimate of drug-likeness (QED) is 0.154. The lowest BCUT2D eigenvalue weighted by atomic mass is 9.79. The molecule has 8 aromatic carbocycles. The minimum absolute atomic E-state index is 0.00737. The first-order valence-corrected chi connectivity index (χ1v) is 21.0. The summed E-state index contributed by atoms with van der Waals surface area (Å²) >= 11 is 0. The molecule has 61 heavy (non-hydrogen) atoms. The van der Waals surface area contributed by atoms with Gasteiger partial charge in [-0.3, -0.25) is 0 Å². The van der Waals surface area contributed by atoms with E-state index in [2.05, 4.69) is 229 Å². The molecule has 2 aromatic heterocycles. The molecular formula is C58H41N3. The predicted molar refractivity (Wildman–Crippen MR) is 255 cm³/mol. The largest absolute Gasteiger partial charge is 0.312 e. The van der Waals surface area contributed by atoms with Crippen molar-refractivity contribution in [1.29, 1.82) is 0 Å². The molecule has 1 aliphatic rings. The Kier molecular flexibility index (Phi) is 9.33. The molecule has 0 N–H and O–H groups in total. The average Bonchev–Trinajstić information content (AvgIpc) is 3.68. The normalized spacial score (nSPS) is 14.0. The van der Waals surface area contributed by atoms with Crippen LogP contribution in [0.15, 0.2) is 231 Å². The van der Waals surface area contributed by atoms with Gasteiger partial charge in [0.1, 0.15) is 0 Å². The standard InChI is InChI=1S/C58H41N3/c1-6-18-40(19-7-1)42-30-32-45(33-31-42)53-39-54(60-58(59-53)46-26-14-5-15-27-46)48-37-50(43-22-10-3-11-23-43)57(51(38-48)44-24-12-4-13-25-44)61-55-29-17-16-28-49(55)52-36-47(34-35-56(52)61)41-20-8-2-9-21-41/h1-37,39,51H,38H2. The van der Waals surface area contributed by atoms with Gasteiger partial charge in [-0.1, -0.05) is 200 Å². The molecule has 0 spiro atoms. The van der Waals surface area contributed by atoms with Crippen LogP contribution in [0.25, 0.3) is 83.5 Å². The Bertz CT molecular complexity index is 3220. The van der Waals surface area contributed by atoms with E-state index in [0.29, 0.717) is 5.82 Å². The number of hydrogen-bond acceptors (Lipinski definition) is 2. The minimum Gasteiger partial charge on any atom is -0.312 e. The monoisotopic (exact) mass is 779 g/mol. The Morgan fingerprint density at radius 1 is 0.377 bits per heavy atom. The van der Waals surface area contributed by atoms with Crippen molar-refractivity contribution >= 4 is 38.6 Å². The number of aromatic nitrogens is 3. The Morgan fingerprint density at radius 2 is 0.869 bits per heavy atom. The average molecular weight is 780 g/mol. The topological polar surface area (TPSA) is 30.7 Å². The van der Waals surface area contributed by atoms with Gasteiger partial charge in [0.2, 0.25) is 0 Å². The summed E-state index contributed by atoms with van der Waals surface area (Å²) in [6.07, 6.45) is 3.16. The zero-order valence-corrected chi connectivity index (χ0v) is 33.6. The van der Waals surface area contributed by atoms with Gasteiger partial charge in [-0.25, -0.2) is 9.97 Å². The number of benzene rings is 8. The van der Waals surface area contributed by atoms with Crippen molar-refractivity contribution in [3.8, 4) is 44.9 Å². The molecule has 10 aromatic rings. The van der Waals surface area contributed by atoms with Crippen LogP contribution < -0.4 is 0 Å². The summed E-state index contributed by atoms with van der Waals surface area (Å²) in [5, 5.41) is 2.48. The number of allylic oxidation sites excluding steroid dienone is 4. The highest BCUT2D eigenvalue weighted by atomic mass is 15.0. The van der Waals surface area contributed by atoms with Crippen LogP contribution in [-0.2, 0) is 0 Å². The first-order chi connectivity index (χ1) is 30.2. The molecule has 1 atom stereocenters. The van der Waals surface area contributed by atoms with Gasteiger partial charge in [0.15, 0.2) is 5.82 Å². The third-order valence-electron chi connectivity index (χ3n) is 12.0. The van der Waals surface area contributed by atoms with Crippen LogP contribution in [0.5, 0.6) is 0 Å². The van der Waals surface area contributed by atoms with Gasteiger partial charge in [-0.05, 0) is 75.7 Å². The lowest BCUT2D eigenvalue weighted by Gasteiger charge is -2.31. The van der Waals surface area contributed by atoms with Gasteiger partial charge < -0.3 is 4.57 Å². The highest BCUT2D eigenvalue weighted by Crippen LogP contribution is 2.49. The van der Waals surface area contributed by atoms with Crippen LogP contribution in [0.2, 0.25) is 0 Å². The van der Waals surface area contributed by atoms with E-state index in [-0.39, 0.29) is 5.92 Å². The predicted octanol–water partition coefficient (Wildman–Crippen LogP) is 14.9. The number of nitrogens with zero attached hydrogens (tertiary/aromatic N) is 3.